The summed E-state index contributed by atoms with van der Waals surface area (Å²) >= 11 is 6.28. The van der Waals surface area contributed by atoms with Crippen LogP contribution in [-0.2, 0) is 9.59 Å². The zero-order valence-electron chi connectivity index (χ0n) is 15.8. The molecule has 28 heavy (non-hydrogen) atoms. The van der Waals surface area contributed by atoms with E-state index in [9.17, 15) is 14.4 Å². The molecule has 0 saturated carbocycles. The van der Waals surface area contributed by atoms with Crippen LogP contribution < -0.4 is 15.5 Å². The van der Waals surface area contributed by atoms with Crippen molar-refractivity contribution in [2.45, 2.75) is 26.7 Å². The number of hydrogen-bond donors (Lipinski definition) is 2. The molecule has 7 heteroatoms. The Morgan fingerprint density at radius 3 is 2.54 bits per heavy atom. The predicted molar refractivity (Wildman–Crippen MR) is 110 cm³/mol. The fourth-order valence-corrected chi connectivity index (χ4v) is 3.34. The molecule has 3 amide bonds. The molecule has 0 atom stereocenters. The quantitative estimate of drug-likeness (QED) is 0.808. The lowest BCUT2D eigenvalue weighted by Gasteiger charge is -2.18. The molecule has 0 aliphatic carbocycles. The second-order valence-corrected chi connectivity index (χ2v) is 7.25. The van der Waals surface area contributed by atoms with Gasteiger partial charge in [-0.25, -0.2) is 0 Å². The maximum absolute atomic E-state index is 12.2. The summed E-state index contributed by atoms with van der Waals surface area (Å²) in [6, 6.07) is 10.4. The molecule has 0 aromatic heterocycles. The fourth-order valence-electron chi connectivity index (χ4n) is 3.06. The van der Waals surface area contributed by atoms with Crippen LogP contribution >= 0.6 is 11.6 Å². The molecule has 2 aromatic carbocycles. The standard InChI is InChI=1S/C21H22ClN3O3/c1-13-5-6-15(10-14(13)2)21(28)23-12-19(26)24-16-7-8-18(17(22)11-16)25-9-3-4-20(25)27/h5-8,10-11H,3-4,9,12H2,1-2H3,(H,23,28)(H,24,26). The number of halogens is 1. The van der Waals surface area contributed by atoms with E-state index in [1.54, 1.807) is 35.2 Å². The molecule has 3 rings (SSSR count). The summed E-state index contributed by atoms with van der Waals surface area (Å²) in [6.45, 7) is 4.40. The van der Waals surface area contributed by atoms with Crippen molar-refractivity contribution in [1.82, 2.24) is 5.32 Å². The maximum atomic E-state index is 12.2. The summed E-state index contributed by atoms with van der Waals surface area (Å²) in [7, 11) is 0. The van der Waals surface area contributed by atoms with Crippen molar-refractivity contribution in [2.24, 2.45) is 0 Å². The summed E-state index contributed by atoms with van der Waals surface area (Å²) in [5.74, 6) is -0.620. The number of rotatable bonds is 5. The first-order valence-corrected chi connectivity index (χ1v) is 9.48. The third-order valence-electron chi connectivity index (χ3n) is 4.77. The number of carbonyl (C=O) groups excluding carboxylic acids is 3. The highest BCUT2D eigenvalue weighted by atomic mass is 35.5. The Morgan fingerprint density at radius 1 is 1.11 bits per heavy atom. The van der Waals surface area contributed by atoms with Gasteiger partial charge < -0.3 is 15.5 Å². The lowest BCUT2D eigenvalue weighted by atomic mass is 10.1. The van der Waals surface area contributed by atoms with Crippen molar-refractivity contribution in [3.63, 3.8) is 0 Å². The number of amides is 3. The van der Waals surface area contributed by atoms with Gasteiger partial charge in [0.25, 0.3) is 5.91 Å². The van der Waals surface area contributed by atoms with Gasteiger partial charge in [-0.1, -0.05) is 17.7 Å². The first-order valence-electron chi connectivity index (χ1n) is 9.10. The van der Waals surface area contributed by atoms with E-state index >= 15 is 0 Å². The van der Waals surface area contributed by atoms with Crippen LogP contribution in [0.1, 0.15) is 34.3 Å². The number of nitrogens with zero attached hydrogens (tertiary/aromatic N) is 1. The number of nitrogens with one attached hydrogen (secondary N) is 2. The molecular weight excluding hydrogens is 378 g/mol. The fraction of sp³-hybridized carbons (Fsp3) is 0.286. The van der Waals surface area contributed by atoms with E-state index in [0.717, 1.165) is 17.5 Å². The minimum Gasteiger partial charge on any atom is -0.343 e. The second-order valence-electron chi connectivity index (χ2n) is 6.85. The Balaban J connectivity index is 1.57. The van der Waals surface area contributed by atoms with Crippen LogP contribution in [0.3, 0.4) is 0 Å². The number of hydrogen-bond acceptors (Lipinski definition) is 3. The van der Waals surface area contributed by atoms with Crippen molar-refractivity contribution in [3.05, 3.63) is 58.1 Å². The normalized spacial score (nSPS) is 13.5. The van der Waals surface area contributed by atoms with E-state index in [1.165, 1.54) is 0 Å². The molecule has 1 saturated heterocycles. The van der Waals surface area contributed by atoms with Crippen LogP contribution in [-0.4, -0.2) is 30.8 Å². The maximum Gasteiger partial charge on any atom is 0.251 e. The average Bonchev–Trinajstić information content (AvgIpc) is 3.08. The van der Waals surface area contributed by atoms with Gasteiger partial charge in [0.15, 0.2) is 0 Å². The molecule has 6 nitrogen and oxygen atoms in total. The van der Waals surface area contributed by atoms with Crippen LogP contribution in [0.4, 0.5) is 11.4 Å². The molecule has 2 N–H and O–H groups in total. The topological polar surface area (TPSA) is 78.5 Å². The monoisotopic (exact) mass is 399 g/mol. The van der Waals surface area contributed by atoms with Crippen molar-refractivity contribution in [2.75, 3.05) is 23.3 Å². The van der Waals surface area contributed by atoms with Gasteiger partial charge in [-0.3, -0.25) is 14.4 Å². The molecule has 2 aromatic rings. The first-order chi connectivity index (χ1) is 13.3. The second kappa shape index (κ2) is 8.44. The Labute approximate surface area is 168 Å². The molecule has 0 unspecified atom stereocenters. The van der Waals surface area contributed by atoms with E-state index in [-0.39, 0.29) is 24.3 Å². The predicted octanol–water partition coefficient (Wildman–Crippen LogP) is 3.45. The minimum absolute atomic E-state index is 0.0488. The Bertz CT molecular complexity index is 942. The van der Waals surface area contributed by atoms with Crippen LogP contribution in [0.2, 0.25) is 5.02 Å². The van der Waals surface area contributed by atoms with Gasteiger partial charge in [0, 0.05) is 24.2 Å². The average molecular weight is 400 g/mol. The minimum atomic E-state index is -0.363. The summed E-state index contributed by atoms with van der Waals surface area (Å²) in [5.41, 5.74) is 3.78. The van der Waals surface area contributed by atoms with Gasteiger partial charge in [0.05, 0.1) is 17.3 Å². The molecule has 1 aliphatic rings. The molecule has 0 bridgehead atoms. The lowest BCUT2D eigenvalue weighted by Crippen LogP contribution is -2.33. The van der Waals surface area contributed by atoms with Gasteiger partial charge >= 0.3 is 0 Å². The lowest BCUT2D eigenvalue weighted by molar-refractivity contribution is -0.117. The van der Waals surface area contributed by atoms with E-state index in [2.05, 4.69) is 10.6 Å². The van der Waals surface area contributed by atoms with Crippen LogP contribution in [0, 0.1) is 13.8 Å². The molecule has 1 fully saturated rings. The van der Waals surface area contributed by atoms with Gasteiger partial charge in [-0.2, -0.15) is 0 Å². The van der Waals surface area contributed by atoms with Gasteiger partial charge in [0.2, 0.25) is 11.8 Å². The zero-order chi connectivity index (χ0) is 20.3. The molecule has 1 aliphatic heterocycles. The summed E-state index contributed by atoms with van der Waals surface area (Å²) in [5, 5.41) is 5.70. The van der Waals surface area contributed by atoms with Crippen molar-refractivity contribution in [3.8, 4) is 0 Å². The van der Waals surface area contributed by atoms with Crippen molar-refractivity contribution >= 4 is 40.7 Å². The summed E-state index contributed by atoms with van der Waals surface area (Å²) < 4.78 is 0. The van der Waals surface area contributed by atoms with Crippen LogP contribution in [0.5, 0.6) is 0 Å². The van der Waals surface area contributed by atoms with Crippen LogP contribution in [0.25, 0.3) is 0 Å². The number of benzene rings is 2. The highest BCUT2D eigenvalue weighted by Crippen LogP contribution is 2.31. The van der Waals surface area contributed by atoms with Gasteiger partial charge in [0.1, 0.15) is 0 Å². The Morgan fingerprint density at radius 2 is 1.89 bits per heavy atom. The van der Waals surface area contributed by atoms with Crippen LogP contribution in [0.15, 0.2) is 36.4 Å². The first kappa shape index (κ1) is 19.9. The molecule has 0 radical (unpaired) electrons. The number of anilines is 2. The summed E-state index contributed by atoms with van der Waals surface area (Å²) in [4.78, 5) is 37.8. The smallest absolute Gasteiger partial charge is 0.251 e. The Hall–Kier alpha value is -2.86. The van der Waals surface area contributed by atoms with Crippen molar-refractivity contribution < 1.29 is 14.4 Å². The molecule has 146 valence electrons. The zero-order valence-corrected chi connectivity index (χ0v) is 16.6. The number of aryl methyl sites for hydroxylation is 2. The van der Waals surface area contributed by atoms with E-state index in [0.29, 0.717) is 34.9 Å². The third-order valence-corrected chi connectivity index (χ3v) is 5.08. The molecule has 1 heterocycles. The van der Waals surface area contributed by atoms with Gasteiger partial charge in [-0.15, -0.1) is 0 Å². The summed E-state index contributed by atoms with van der Waals surface area (Å²) in [6.07, 6.45) is 1.34. The SMILES string of the molecule is Cc1ccc(C(=O)NCC(=O)Nc2ccc(N3CCCC3=O)c(Cl)c2)cc1C. The molecule has 0 spiro atoms. The van der Waals surface area contributed by atoms with Crippen molar-refractivity contribution in [1.29, 1.82) is 0 Å². The van der Waals surface area contributed by atoms with E-state index < -0.39 is 0 Å². The highest BCUT2D eigenvalue weighted by Gasteiger charge is 2.23. The Kier molecular flexibility index (Phi) is 5.99. The largest absolute Gasteiger partial charge is 0.343 e. The van der Waals surface area contributed by atoms with E-state index in [4.69, 9.17) is 11.6 Å². The van der Waals surface area contributed by atoms with Gasteiger partial charge in [-0.05, 0) is 61.7 Å². The third kappa shape index (κ3) is 4.51. The highest BCUT2D eigenvalue weighted by molar-refractivity contribution is 6.34. The number of carbonyl (C=O) groups is 3. The molecular formula is C21H22ClN3O3. The van der Waals surface area contributed by atoms with E-state index in [1.807, 2.05) is 19.9 Å².